The largest absolute Gasteiger partial charge is 0.370 e. The summed E-state index contributed by atoms with van der Waals surface area (Å²) < 4.78 is 0. The Balaban J connectivity index is 1.52. The summed E-state index contributed by atoms with van der Waals surface area (Å²) in [5, 5.41) is 6.35. The quantitative estimate of drug-likeness (QED) is 0.748. The summed E-state index contributed by atoms with van der Waals surface area (Å²) in [7, 11) is 0. The first-order chi connectivity index (χ1) is 11.7. The molecule has 0 saturated carbocycles. The predicted octanol–water partition coefficient (Wildman–Crippen LogP) is 1.74. The molecule has 3 rings (SSSR count). The second-order valence-corrected chi connectivity index (χ2v) is 5.70. The summed E-state index contributed by atoms with van der Waals surface area (Å²) in [6.07, 6.45) is 5.69. The lowest BCUT2D eigenvalue weighted by molar-refractivity contribution is -0.127. The van der Waals surface area contributed by atoms with Crippen LogP contribution in [-0.2, 0) is 4.79 Å². The van der Waals surface area contributed by atoms with Gasteiger partial charge in [0.05, 0.1) is 0 Å². The molecule has 2 N–H and O–H groups in total. The van der Waals surface area contributed by atoms with Crippen LogP contribution in [-0.4, -0.2) is 50.4 Å². The van der Waals surface area contributed by atoms with Gasteiger partial charge in [0, 0.05) is 44.0 Å². The lowest BCUT2D eigenvalue weighted by Gasteiger charge is -2.15. The normalized spacial score (nSPS) is 14.0. The van der Waals surface area contributed by atoms with Crippen LogP contribution in [0.5, 0.6) is 0 Å². The first kappa shape index (κ1) is 16.1. The average Bonchev–Trinajstić information content (AvgIpc) is 2.97. The van der Waals surface area contributed by atoms with E-state index < -0.39 is 0 Å². The summed E-state index contributed by atoms with van der Waals surface area (Å²) in [6, 6.07) is 3.65. The van der Waals surface area contributed by atoms with E-state index in [1.807, 2.05) is 17.9 Å². The Kier molecular flexibility index (Phi) is 5.15. The third kappa shape index (κ3) is 4.37. The molecule has 1 aliphatic rings. The molecular weight excluding hydrogens is 306 g/mol. The molecule has 1 aliphatic heterocycles. The minimum Gasteiger partial charge on any atom is -0.370 e. The van der Waals surface area contributed by atoms with E-state index >= 15 is 0 Å². The number of likely N-dealkylation sites (tertiary alicyclic amines) is 1. The van der Waals surface area contributed by atoms with E-state index in [0.29, 0.717) is 18.2 Å². The highest BCUT2D eigenvalue weighted by molar-refractivity contribution is 5.78. The van der Waals surface area contributed by atoms with E-state index in [1.54, 1.807) is 12.3 Å². The third-order valence-corrected chi connectivity index (χ3v) is 3.76. The van der Waals surface area contributed by atoms with Crippen LogP contribution in [0.3, 0.4) is 0 Å². The molecule has 1 amide bonds. The van der Waals surface area contributed by atoms with Crippen LogP contribution in [0.1, 0.15) is 25.0 Å². The van der Waals surface area contributed by atoms with Crippen LogP contribution in [0.15, 0.2) is 24.7 Å². The molecule has 1 fully saturated rings. The van der Waals surface area contributed by atoms with Crippen molar-refractivity contribution >= 4 is 23.5 Å². The summed E-state index contributed by atoms with van der Waals surface area (Å²) in [4.78, 5) is 30.3. The monoisotopic (exact) mass is 327 g/mol. The van der Waals surface area contributed by atoms with Gasteiger partial charge in [-0.3, -0.25) is 4.79 Å². The van der Waals surface area contributed by atoms with E-state index in [2.05, 4.69) is 30.6 Å². The van der Waals surface area contributed by atoms with Gasteiger partial charge in [-0.25, -0.2) is 15.0 Å². The van der Waals surface area contributed by atoms with E-state index in [4.69, 9.17) is 0 Å². The van der Waals surface area contributed by atoms with Crippen molar-refractivity contribution in [1.29, 1.82) is 0 Å². The first-order valence-corrected chi connectivity index (χ1v) is 8.11. The first-order valence-electron chi connectivity index (χ1n) is 8.11. The summed E-state index contributed by atoms with van der Waals surface area (Å²) in [6.45, 7) is 4.36. The number of carbonyl (C=O) groups excluding carboxylic acids is 1. The van der Waals surface area contributed by atoms with Crippen molar-refractivity contribution in [2.24, 2.45) is 0 Å². The zero-order valence-electron chi connectivity index (χ0n) is 13.7. The number of hydrogen-bond acceptors (Lipinski definition) is 7. The molecule has 0 spiro atoms. The van der Waals surface area contributed by atoms with Crippen molar-refractivity contribution in [1.82, 2.24) is 24.8 Å². The Morgan fingerprint density at radius 1 is 1.29 bits per heavy atom. The molecule has 0 aliphatic carbocycles. The zero-order chi connectivity index (χ0) is 16.8. The fraction of sp³-hybridized carbons (Fsp3) is 0.438. The molecule has 0 unspecified atom stereocenters. The number of carbonyl (C=O) groups is 1. The van der Waals surface area contributed by atoms with Crippen molar-refractivity contribution < 1.29 is 4.79 Å². The van der Waals surface area contributed by atoms with Gasteiger partial charge in [-0.2, -0.15) is 4.98 Å². The highest BCUT2D eigenvalue weighted by Crippen LogP contribution is 2.14. The minimum absolute atomic E-state index is 0.268. The highest BCUT2D eigenvalue weighted by Gasteiger charge is 2.18. The zero-order valence-corrected chi connectivity index (χ0v) is 13.7. The molecule has 126 valence electrons. The molecule has 0 atom stereocenters. The van der Waals surface area contributed by atoms with Gasteiger partial charge in [0.2, 0.25) is 11.9 Å². The van der Waals surface area contributed by atoms with E-state index in [-0.39, 0.29) is 5.91 Å². The fourth-order valence-corrected chi connectivity index (χ4v) is 2.62. The molecular formula is C16H21N7O. The molecule has 2 aromatic heterocycles. The number of anilines is 3. The van der Waals surface area contributed by atoms with Gasteiger partial charge in [0.1, 0.15) is 18.0 Å². The molecule has 3 heterocycles. The summed E-state index contributed by atoms with van der Waals surface area (Å²) in [5.41, 5.74) is 0.860. The van der Waals surface area contributed by atoms with Crippen molar-refractivity contribution in [2.75, 3.05) is 30.3 Å². The van der Waals surface area contributed by atoms with Gasteiger partial charge < -0.3 is 15.5 Å². The van der Waals surface area contributed by atoms with Crippen LogP contribution in [0.2, 0.25) is 0 Å². The lowest BCUT2D eigenvalue weighted by atomic mass is 10.3. The topological polar surface area (TPSA) is 95.9 Å². The van der Waals surface area contributed by atoms with Gasteiger partial charge in [-0.15, -0.1) is 0 Å². The maximum absolute atomic E-state index is 11.6. The third-order valence-electron chi connectivity index (χ3n) is 3.76. The Hall–Kier alpha value is -2.77. The number of nitrogens with zero attached hydrogens (tertiary/aromatic N) is 5. The summed E-state index contributed by atoms with van der Waals surface area (Å²) in [5.74, 6) is 2.16. The van der Waals surface area contributed by atoms with E-state index in [9.17, 15) is 4.79 Å². The number of nitrogens with one attached hydrogen (secondary N) is 2. The number of rotatable bonds is 7. The highest BCUT2D eigenvalue weighted by atomic mass is 16.2. The summed E-state index contributed by atoms with van der Waals surface area (Å²) >= 11 is 0. The number of aromatic nitrogens is 4. The van der Waals surface area contributed by atoms with Crippen molar-refractivity contribution in [3.05, 3.63) is 30.4 Å². The van der Waals surface area contributed by atoms with Crippen LogP contribution < -0.4 is 10.6 Å². The fourth-order valence-electron chi connectivity index (χ4n) is 2.62. The second-order valence-electron chi connectivity index (χ2n) is 5.70. The molecule has 24 heavy (non-hydrogen) atoms. The van der Waals surface area contributed by atoms with Crippen LogP contribution in [0.25, 0.3) is 0 Å². The van der Waals surface area contributed by atoms with Crippen molar-refractivity contribution in [3.63, 3.8) is 0 Å². The number of hydrogen-bond donors (Lipinski definition) is 2. The maximum Gasteiger partial charge on any atom is 0.230 e. The van der Waals surface area contributed by atoms with Gasteiger partial charge in [-0.1, -0.05) is 0 Å². The molecule has 1 saturated heterocycles. The lowest BCUT2D eigenvalue weighted by Crippen LogP contribution is -2.27. The average molecular weight is 327 g/mol. The van der Waals surface area contributed by atoms with Gasteiger partial charge in [-0.05, 0) is 25.8 Å². The number of amides is 1. The van der Waals surface area contributed by atoms with E-state index in [0.717, 1.165) is 44.0 Å². The Labute approximate surface area is 140 Å². The van der Waals surface area contributed by atoms with Crippen LogP contribution >= 0.6 is 0 Å². The van der Waals surface area contributed by atoms with Gasteiger partial charge in [0.25, 0.3) is 0 Å². The Bertz CT molecular complexity index is 692. The standard InChI is InChI=1S/C16H21N7O/c1-12-10-14(18-6-3-9-23-8-2-4-15(23)24)22-16(20-12)21-13-5-7-17-11-19-13/h5,7,10-11H,2-4,6,8-9H2,1H3,(H2,17,18,19,20,21,22). The minimum atomic E-state index is 0.268. The smallest absolute Gasteiger partial charge is 0.230 e. The molecule has 8 heteroatoms. The maximum atomic E-state index is 11.6. The molecule has 0 bridgehead atoms. The van der Waals surface area contributed by atoms with Crippen LogP contribution in [0, 0.1) is 6.92 Å². The molecule has 8 nitrogen and oxygen atoms in total. The Morgan fingerprint density at radius 2 is 2.21 bits per heavy atom. The second kappa shape index (κ2) is 7.67. The molecule has 0 aromatic carbocycles. The molecule has 2 aromatic rings. The molecule has 0 radical (unpaired) electrons. The van der Waals surface area contributed by atoms with Crippen molar-refractivity contribution in [2.45, 2.75) is 26.2 Å². The van der Waals surface area contributed by atoms with Crippen molar-refractivity contribution in [3.8, 4) is 0 Å². The number of aryl methyl sites for hydroxylation is 1. The van der Waals surface area contributed by atoms with Gasteiger partial charge >= 0.3 is 0 Å². The van der Waals surface area contributed by atoms with Gasteiger partial charge in [0.15, 0.2) is 0 Å². The van der Waals surface area contributed by atoms with E-state index in [1.165, 1.54) is 6.33 Å². The SMILES string of the molecule is Cc1cc(NCCCN2CCCC2=O)nc(Nc2ccncn2)n1. The van der Waals surface area contributed by atoms with Crippen LogP contribution in [0.4, 0.5) is 17.6 Å². The predicted molar refractivity (Wildman–Crippen MR) is 91.0 cm³/mol. The Morgan fingerprint density at radius 3 is 2.96 bits per heavy atom.